The number of rotatable bonds is 4. The summed E-state index contributed by atoms with van der Waals surface area (Å²) in [6.45, 7) is 6.47. The first-order valence-corrected chi connectivity index (χ1v) is 11.2. The monoisotopic (exact) mass is 497 g/mol. The van der Waals surface area contributed by atoms with Crippen LogP contribution < -0.4 is 4.90 Å². The highest BCUT2D eigenvalue weighted by molar-refractivity contribution is 5.86. The van der Waals surface area contributed by atoms with Crippen molar-refractivity contribution in [1.82, 2.24) is 9.88 Å². The molecule has 2 aromatic carbocycles. The number of aliphatic hydroxyl groups excluding tert-OH is 1. The lowest BCUT2D eigenvalue weighted by atomic mass is 9.99. The summed E-state index contributed by atoms with van der Waals surface area (Å²) in [5.41, 5.74) is -0.311. The van der Waals surface area contributed by atoms with Crippen molar-refractivity contribution in [3.05, 3.63) is 70.4 Å². The smallest absolute Gasteiger partial charge is 0.387 e. The van der Waals surface area contributed by atoms with Gasteiger partial charge in [0.25, 0.3) is 0 Å². The van der Waals surface area contributed by atoms with Crippen molar-refractivity contribution >= 4 is 16.6 Å². The fourth-order valence-electron chi connectivity index (χ4n) is 4.52. The average Bonchev–Trinajstić information content (AvgIpc) is 2.79. The largest absolute Gasteiger partial charge is 0.433 e. The Morgan fingerprint density at radius 3 is 2.20 bits per heavy atom. The van der Waals surface area contributed by atoms with Crippen LogP contribution in [0.5, 0.6) is 0 Å². The Bertz CT molecular complexity index is 1220. The Morgan fingerprint density at radius 1 is 0.914 bits per heavy atom. The number of fused-ring (bicyclic) bond motifs is 1. The molecule has 0 amide bonds. The second kappa shape index (κ2) is 9.31. The number of nitrogens with zero attached hydrogens (tertiary/aromatic N) is 3. The van der Waals surface area contributed by atoms with E-state index in [1.165, 1.54) is 17.2 Å². The van der Waals surface area contributed by atoms with Crippen molar-refractivity contribution in [3.8, 4) is 0 Å². The Balaban J connectivity index is 1.59. The molecule has 1 aliphatic heterocycles. The molecule has 4 nitrogen and oxygen atoms in total. The Labute approximate surface area is 198 Å². The van der Waals surface area contributed by atoms with Crippen molar-refractivity contribution in [1.29, 1.82) is 0 Å². The lowest BCUT2D eigenvalue weighted by Crippen LogP contribution is -2.47. The van der Waals surface area contributed by atoms with E-state index >= 15 is 0 Å². The summed E-state index contributed by atoms with van der Waals surface area (Å²) in [5.74, 6) is 0. The third-order valence-electron chi connectivity index (χ3n) is 6.55. The summed E-state index contributed by atoms with van der Waals surface area (Å²) in [6.07, 6.45) is -11.3. The van der Waals surface area contributed by atoms with Gasteiger partial charge in [0.2, 0.25) is 0 Å². The number of aromatic nitrogens is 1. The number of para-hydroxylation sites is 1. The van der Waals surface area contributed by atoms with Gasteiger partial charge in [-0.25, -0.2) is 4.98 Å². The molecule has 10 heteroatoms. The number of aryl methyl sites for hydroxylation is 1. The van der Waals surface area contributed by atoms with Crippen molar-refractivity contribution in [2.24, 2.45) is 0 Å². The van der Waals surface area contributed by atoms with Crippen LogP contribution in [-0.4, -0.2) is 47.7 Å². The highest BCUT2D eigenvalue weighted by Gasteiger charge is 2.38. The number of benzene rings is 2. The Kier molecular flexibility index (Phi) is 6.72. The number of pyridine rings is 1. The number of β-amino-alcohol motifs (C(OH)–C–C–N with tert-alkyl or cyclic N) is 1. The molecule has 35 heavy (non-hydrogen) atoms. The predicted octanol–water partition coefficient (Wildman–Crippen LogP) is 5.74. The molecule has 1 saturated heterocycles. The summed E-state index contributed by atoms with van der Waals surface area (Å²) >= 11 is 0. The first-order chi connectivity index (χ1) is 16.4. The highest BCUT2D eigenvalue weighted by Crippen LogP contribution is 2.39. The van der Waals surface area contributed by atoms with E-state index in [-0.39, 0.29) is 17.5 Å². The Hall–Kier alpha value is -2.85. The molecule has 0 radical (unpaired) electrons. The zero-order valence-corrected chi connectivity index (χ0v) is 19.2. The van der Waals surface area contributed by atoms with E-state index in [2.05, 4.69) is 9.88 Å². The third-order valence-corrected chi connectivity index (χ3v) is 6.55. The molecule has 1 aromatic heterocycles. The molecule has 0 saturated carbocycles. The van der Waals surface area contributed by atoms with Crippen LogP contribution in [0.1, 0.15) is 34.1 Å². The molecule has 2 heterocycles. The molecular formula is C25H25F6N3O. The standard InChI is InChI=1S/C25H25F6N3O/c1-15-5-3-8-20(16(15)2)34-11-9-33(10-12-34)14-21(35)18-13-22(25(29,30)31)32-23-17(18)6-4-7-19(23)24(26,27)28/h3-8,13,21,35H,9-12,14H2,1-2H3. The van der Waals surface area contributed by atoms with Crippen LogP contribution in [-0.2, 0) is 12.4 Å². The van der Waals surface area contributed by atoms with Gasteiger partial charge in [-0.05, 0) is 48.7 Å². The number of hydrogen-bond donors (Lipinski definition) is 1. The van der Waals surface area contributed by atoms with E-state index in [0.29, 0.717) is 38.3 Å². The minimum atomic E-state index is -4.96. The van der Waals surface area contributed by atoms with Crippen molar-refractivity contribution < 1.29 is 31.4 Å². The summed E-state index contributed by atoms with van der Waals surface area (Å²) in [4.78, 5) is 7.40. The van der Waals surface area contributed by atoms with Gasteiger partial charge in [-0.1, -0.05) is 24.3 Å². The van der Waals surface area contributed by atoms with E-state index in [1.807, 2.05) is 36.9 Å². The Morgan fingerprint density at radius 2 is 1.57 bits per heavy atom. The van der Waals surface area contributed by atoms with Crippen LogP contribution >= 0.6 is 0 Å². The van der Waals surface area contributed by atoms with Gasteiger partial charge in [0.15, 0.2) is 0 Å². The van der Waals surface area contributed by atoms with Gasteiger partial charge in [0, 0.05) is 43.8 Å². The topological polar surface area (TPSA) is 39.6 Å². The zero-order valence-electron chi connectivity index (χ0n) is 19.2. The highest BCUT2D eigenvalue weighted by atomic mass is 19.4. The van der Waals surface area contributed by atoms with Crippen molar-refractivity contribution in [2.75, 3.05) is 37.6 Å². The molecule has 1 atom stereocenters. The summed E-state index contributed by atoms with van der Waals surface area (Å²) in [7, 11) is 0. The first-order valence-electron chi connectivity index (χ1n) is 11.2. The SMILES string of the molecule is Cc1cccc(N2CCN(CC(O)c3cc(C(F)(F)F)nc4c(C(F)(F)F)cccc34)CC2)c1C. The van der Waals surface area contributed by atoms with Gasteiger partial charge in [-0.15, -0.1) is 0 Å². The second-order valence-electron chi connectivity index (χ2n) is 8.82. The molecule has 1 fully saturated rings. The van der Waals surface area contributed by atoms with Gasteiger partial charge >= 0.3 is 12.4 Å². The molecule has 1 N–H and O–H groups in total. The summed E-state index contributed by atoms with van der Waals surface area (Å²) in [6, 6.07) is 9.76. The number of anilines is 1. The molecule has 0 spiro atoms. The van der Waals surface area contributed by atoms with Gasteiger partial charge < -0.3 is 10.0 Å². The van der Waals surface area contributed by atoms with Gasteiger partial charge in [-0.2, -0.15) is 26.3 Å². The predicted molar refractivity (Wildman–Crippen MR) is 121 cm³/mol. The summed E-state index contributed by atoms with van der Waals surface area (Å²) in [5, 5.41) is 10.7. The van der Waals surface area contributed by atoms with Crippen LogP contribution in [0.25, 0.3) is 10.9 Å². The zero-order chi connectivity index (χ0) is 25.5. The lowest BCUT2D eigenvalue weighted by Gasteiger charge is -2.38. The molecule has 0 bridgehead atoms. The maximum absolute atomic E-state index is 13.5. The first kappa shape index (κ1) is 25.2. The maximum Gasteiger partial charge on any atom is 0.433 e. The van der Waals surface area contributed by atoms with E-state index in [4.69, 9.17) is 0 Å². The van der Waals surface area contributed by atoms with Crippen molar-refractivity contribution in [3.63, 3.8) is 0 Å². The number of halogens is 6. The van der Waals surface area contributed by atoms with Gasteiger partial charge in [0.1, 0.15) is 5.69 Å². The molecule has 1 aliphatic rings. The van der Waals surface area contributed by atoms with Crippen molar-refractivity contribution in [2.45, 2.75) is 32.3 Å². The lowest BCUT2D eigenvalue weighted by molar-refractivity contribution is -0.142. The minimum absolute atomic E-state index is 0.00665. The number of hydrogen-bond acceptors (Lipinski definition) is 4. The molecule has 0 aliphatic carbocycles. The van der Waals surface area contributed by atoms with Crippen LogP contribution in [0, 0.1) is 13.8 Å². The van der Waals surface area contributed by atoms with Crippen LogP contribution in [0.3, 0.4) is 0 Å². The number of piperazine rings is 1. The van der Waals surface area contributed by atoms with E-state index in [1.54, 1.807) is 0 Å². The fraction of sp³-hybridized carbons (Fsp3) is 0.400. The normalized spacial score (nSPS) is 16.7. The molecule has 188 valence electrons. The van der Waals surface area contributed by atoms with Crippen LogP contribution in [0.4, 0.5) is 32.0 Å². The number of aliphatic hydroxyl groups is 1. The fourth-order valence-corrected chi connectivity index (χ4v) is 4.52. The maximum atomic E-state index is 13.5. The molecule has 1 unspecified atom stereocenters. The van der Waals surface area contributed by atoms with Crippen LogP contribution in [0.2, 0.25) is 0 Å². The molecular weight excluding hydrogens is 472 g/mol. The quantitative estimate of drug-likeness (QED) is 0.467. The molecule has 3 aromatic rings. The summed E-state index contributed by atoms with van der Waals surface area (Å²) < 4.78 is 80.9. The average molecular weight is 497 g/mol. The van der Waals surface area contributed by atoms with Crippen LogP contribution in [0.15, 0.2) is 42.5 Å². The third kappa shape index (κ3) is 5.23. The minimum Gasteiger partial charge on any atom is -0.387 e. The molecule has 4 rings (SSSR count). The second-order valence-corrected chi connectivity index (χ2v) is 8.82. The van der Waals surface area contributed by atoms with E-state index in [9.17, 15) is 31.4 Å². The van der Waals surface area contributed by atoms with Gasteiger partial charge in [0.05, 0.1) is 17.2 Å². The van der Waals surface area contributed by atoms with Gasteiger partial charge in [-0.3, -0.25) is 4.90 Å². The van der Waals surface area contributed by atoms with E-state index < -0.39 is 35.2 Å². The number of alkyl halides is 6. The van der Waals surface area contributed by atoms with E-state index in [0.717, 1.165) is 11.8 Å².